The molecule has 0 aromatic heterocycles. The Morgan fingerprint density at radius 1 is 1.19 bits per heavy atom. The van der Waals surface area contributed by atoms with Gasteiger partial charge < -0.3 is 14.7 Å². The molecule has 0 saturated carbocycles. The van der Waals surface area contributed by atoms with E-state index in [1.165, 1.54) is 33.5 Å². The summed E-state index contributed by atoms with van der Waals surface area (Å²) in [6.45, 7) is 4.48. The van der Waals surface area contributed by atoms with Gasteiger partial charge in [0.15, 0.2) is 0 Å². The average molecular weight is 396 g/mol. The van der Waals surface area contributed by atoms with E-state index in [0.29, 0.717) is 19.4 Å². The molecular formula is C18H24N2O6S. The number of morpholine rings is 1. The Bertz CT molecular complexity index is 830. The lowest BCUT2D eigenvalue weighted by Gasteiger charge is -2.34. The van der Waals surface area contributed by atoms with Crippen molar-refractivity contribution in [3.8, 4) is 0 Å². The summed E-state index contributed by atoms with van der Waals surface area (Å²) < 4.78 is 33.0. The van der Waals surface area contributed by atoms with Crippen LogP contribution in [0.15, 0.2) is 29.2 Å². The number of carbonyl (C=O) groups is 2. The van der Waals surface area contributed by atoms with Gasteiger partial charge in [-0.1, -0.05) is 6.07 Å². The van der Waals surface area contributed by atoms with Crippen molar-refractivity contribution in [3.05, 3.63) is 29.8 Å². The molecular weight excluding hydrogens is 372 g/mol. The maximum Gasteiger partial charge on any atom is 0.326 e. The van der Waals surface area contributed by atoms with Crippen molar-refractivity contribution in [2.24, 2.45) is 0 Å². The van der Waals surface area contributed by atoms with E-state index < -0.39 is 27.9 Å². The molecule has 1 amide bonds. The molecule has 27 heavy (non-hydrogen) atoms. The summed E-state index contributed by atoms with van der Waals surface area (Å²) in [5.41, 5.74) is 0.179. The number of hydrogen-bond acceptors (Lipinski definition) is 5. The molecule has 2 fully saturated rings. The molecule has 0 aliphatic carbocycles. The molecule has 1 aromatic rings. The minimum Gasteiger partial charge on any atom is -0.480 e. The number of aliphatic carboxylic acids is 1. The van der Waals surface area contributed by atoms with Gasteiger partial charge in [0, 0.05) is 25.2 Å². The van der Waals surface area contributed by atoms with Crippen molar-refractivity contribution in [1.29, 1.82) is 0 Å². The highest BCUT2D eigenvalue weighted by molar-refractivity contribution is 7.89. The Balaban J connectivity index is 1.87. The number of likely N-dealkylation sites (tertiary alicyclic amines) is 1. The standard InChI is InChI=1S/C18H24N2O6S/c1-12-10-19(11-13(2)26-12)27(24,25)15-6-3-5-14(9-15)17(21)20-8-4-7-16(20)18(22)23/h3,5-6,9,12-13,16H,4,7-8,10-11H2,1-2H3,(H,22,23)/t12-,13+,16-/m0/s1. The number of benzene rings is 1. The lowest BCUT2D eigenvalue weighted by Crippen LogP contribution is -2.48. The second-order valence-corrected chi connectivity index (χ2v) is 9.04. The SMILES string of the molecule is C[C@@H]1CN(S(=O)(=O)c2cccc(C(=O)N3CCC[C@H]3C(=O)O)c2)C[C@H](C)O1. The van der Waals surface area contributed by atoms with E-state index in [9.17, 15) is 23.1 Å². The molecule has 2 saturated heterocycles. The molecule has 0 bridgehead atoms. The molecule has 2 aliphatic rings. The van der Waals surface area contributed by atoms with Gasteiger partial charge in [0.1, 0.15) is 6.04 Å². The molecule has 1 aromatic carbocycles. The van der Waals surface area contributed by atoms with Gasteiger partial charge in [-0.2, -0.15) is 4.31 Å². The van der Waals surface area contributed by atoms with Crippen molar-refractivity contribution in [2.45, 2.75) is 49.8 Å². The van der Waals surface area contributed by atoms with Crippen molar-refractivity contribution in [3.63, 3.8) is 0 Å². The van der Waals surface area contributed by atoms with Crippen molar-refractivity contribution < 1.29 is 27.9 Å². The predicted octanol–water partition coefficient (Wildman–Crippen LogP) is 1.17. The number of rotatable bonds is 4. The van der Waals surface area contributed by atoms with Crippen LogP contribution in [0.1, 0.15) is 37.0 Å². The Morgan fingerprint density at radius 3 is 2.48 bits per heavy atom. The van der Waals surface area contributed by atoms with Crippen LogP contribution in [0.2, 0.25) is 0 Å². The summed E-state index contributed by atoms with van der Waals surface area (Å²) in [6.07, 6.45) is 0.593. The highest BCUT2D eigenvalue weighted by Gasteiger charge is 2.36. The molecule has 2 heterocycles. The van der Waals surface area contributed by atoms with Crippen LogP contribution < -0.4 is 0 Å². The van der Waals surface area contributed by atoms with Crippen LogP contribution in [-0.2, 0) is 19.6 Å². The summed E-state index contributed by atoms with van der Waals surface area (Å²) in [5, 5.41) is 9.27. The summed E-state index contributed by atoms with van der Waals surface area (Å²) >= 11 is 0. The van der Waals surface area contributed by atoms with Crippen LogP contribution in [0.5, 0.6) is 0 Å². The summed E-state index contributed by atoms with van der Waals surface area (Å²) in [6, 6.07) is 4.95. The van der Waals surface area contributed by atoms with E-state index in [1.54, 1.807) is 0 Å². The molecule has 0 spiro atoms. The number of ether oxygens (including phenoxy) is 1. The Labute approximate surface area is 158 Å². The molecule has 3 rings (SSSR count). The first-order chi connectivity index (χ1) is 12.7. The summed E-state index contributed by atoms with van der Waals surface area (Å²) in [7, 11) is -3.77. The van der Waals surface area contributed by atoms with Gasteiger partial charge in [0.25, 0.3) is 5.91 Å². The molecule has 3 atom stereocenters. The van der Waals surface area contributed by atoms with Crippen LogP contribution in [-0.4, -0.2) is 72.5 Å². The third kappa shape index (κ3) is 3.99. The topological polar surface area (TPSA) is 104 Å². The van der Waals surface area contributed by atoms with E-state index in [2.05, 4.69) is 0 Å². The first-order valence-electron chi connectivity index (χ1n) is 8.99. The van der Waals surface area contributed by atoms with Gasteiger partial charge >= 0.3 is 5.97 Å². The fourth-order valence-electron chi connectivity index (χ4n) is 3.70. The number of nitrogens with zero attached hydrogens (tertiary/aromatic N) is 2. The molecule has 2 aliphatic heterocycles. The van der Waals surface area contributed by atoms with Crippen molar-refractivity contribution >= 4 is 21.9 Å². The molecule has 0 radical (unpaired) electrons. The highest BCUT2D eigenvalue weighted by atomic mass is 32.2. The van der Waals surface area contributed by atoms with Gasteiger partial charge in [-0.3, -0.25) is 4.79 Å². The van der Waals surface area contributed by atoms with Crippen LogP contribution >= 0.6 is 0 Å². The molecule has 9 heteroatoms. The smallest absolute Gasteiger partial charge is 0.326 e. The van der Waals surface area contributed by atoms with Gasteiger partial charge in [-0.25, -0.2) is 13.2 Å². The fraction of sp³-hybridized carbons (Fsp3) is 0.556. The van der Waals surface area contributed by atoms with Crippen LogP contribution in [0.3, 0.4) is 0 Å². The monoisotopic (exact) mass is 396 g/mol. The maximum absolute atomic E-state index is 13.0. The minimum absolute atomic E-state index is 0.0284. The zero-order chi connectivity index (χ0) is 19.8. The van der Waals surface area contributed by atoms with E-state index >= 15 is 0 Å². The molecule has 148 valence electrons. The zero-order valence-electron chi connectivity index (χ0n) is 15.4. The average Bonchev–Trinajstić information content (AvgIpc) is 3.10. The Morgan fingerprint density at radius 2 is 1.85 bits per heavy atom. The van der Waals surface area contributed by atoms with E-state index in [1.807, 2.05) is 13.8 Å². The van der Waals surface area contributed by atoms with Crippen LogP contribution in [0.25, 0.3) is 0 Å². The second kappa shape index (κ2) is 7.57. The number of hydrogen-bond donors (Lipinski definition) is 1. The highest BCUT2D eigenvalue weighted by Crippen LogP contribution is 2.24. The minimum atomic E-state index is -3.77. The van der Waals surface area contributed by atoms with Crippen molar-refractivity contribution in [2.75, 3.05) is 19.6 Å². The number of carboxylic acid groups (broad SMARTS) is 1. The predicted molar refractivity (Wildman–Crippen MR) is 96.9 cm³/mol. The van der Waals surface area contributed by atoms with Crippen LogP contribution in [0, 0.1) is 0 Å². The first kappa shape index (κ1) is 19.8. The Kier molecular flexibility index (Phi) is 5.55. The summed E-state index contributed by atoms with van der Waals surface area (Å²) in [5.74, 6) is -1.50. The maximum atomic E-state index is 13.0. The quantitative estimate of drug-likeness (QED) is 0.819. The van der Waals surface area contributed by atoms with Gasteiger partial charge in [0.05, 0.1) is 17.1 Å². The molecule has 8 nitrogen and oxygen atoms in total. The van der Waals surface area contributed by atoms with Gasteiger partial charge in [-0.05, 0) is 44.9 Å². The van der Waals surface area contributed by atoms with Crippen molar-refractivity contribution in [1.82, 2.24) is 9.21 Å². The third-order valence-corrected chi connectivity index (χ3v) is 6.73. The lowest BCUT2D eigenvalue weighted by molar-refractivity contribution is -0.141. The van der Waals surface area contributed by atoms with Crippen LogP contribution in [0.4, 0.5) is 0 Å². The normalized spacial score (nSPS) is 26.9. The van der Waals surface area contributed by atoms with Gasteiger partial charge in [0.2, 0.25) is 10.0 Å². The van der Waals surface area contributed by atoms with E-state index in [-0.39, 0.29) is 35.8 Å². The zero-order valence-corrected chi connectivity index (χ0v) is 16.2. The fourth-order valence-corrected chi connectivity index (χ4v) is 5.33. The largest absolute Gasteiger partial charge is 0.480 e. The number of amides is 1. The molecule has 1 N–H and O–H groups in total. The molecule has 0 unspecified atom stereocenters. The van der Waals surface area contributed by atoms with E-state index in [4.69, 9.17) is 4.74 Å². The third-order valence-electron chi connectivity index (χ3n) is 4.90. The first-order valence-corrected chi connectivity index (χ1v) is 10.4. The summed E-state index contributed by atoms with van der Waals surface area (Å²) in [4.78, 5) is 25.4. The second-order valence-electron chi connectivity index (χ2n) is 7.10. The number of sulfonamides is 1. The lowest BCUT2D eigenvalue weighted by atomic mass is 10.1. The number of carboxylic acids is 1. The number of carbonyl (C=O) groups excluding carboxylic acids is 1. The Hall–Kier alpha value is -1.97. The van der Waals surface area contributed by atoms with E-state index in [0.717, 1.165) is 0 Å². The van der Waals surface area contributed by atoms with Gasteiger partial charge in [-0.15, -0.1) is 0 Å².